The Kier molecular flexibility index (Phi) is 5.26. The summed E-state index contributed by atoms with van der Waals surface area (Å²) in [6.45, 7) is 10.3. The lowest BCUT2D eigenvalue weighted by Gasteiger charge is -2.22. The summed E-state index contributed by atoms with van der Waals surface area (Å²) in [7, 11) is 0. The Morgan fingerprint density at radius 3 is 2.12 bits per heavy atom. The van der Waals surface area contributed by atoms with Crippen LogP contribution in [-0.4, -0.2) is 34.0 Å². The molecule has 0 aliphatic heterocycles. The molecule has 6 nitrogen and oxygen atoms in total. The normalized spacial score (nSPS) is 12.1. The number of hydrogen-bond acceptors (Lipinski definition) is 5. The monoisotopic (exact) mass is 359 g/mol. The van der Waals surface area contributed by atoms with E-state index in [1.165, 1.54) is 4.57 Å². The second-order valence-electron chi connectivity index (χ2n) is 8.07. The van der Waals surface area contributed by atoms with Crippen molar-refractivity contribution in [1.82, 2.24) is 4.57 Å². The number of carbonyl (C=O) groups is 3. The molecule has 1 aromatic heterocycles. The zero-order valence-corrected chi connectivity index (χ0v) is 16.1. The molecule has 0 spiro atoms. The number of aromatic nitrogens is 1. The van der Waals surface area contributed by atoms with Gasteiger partial charge in [-0.05, 0) is 47.6 Å². The third-order valence-electron chi connectivity index (χ3n) is 3.43. The molecule has 0 N–H and O–H groups in total. The Hall–Kier alpha value is -2.63. The number of ether oxygens (including phenoxy) is 2. The van der Waals surface area contributed by atoms with Crippen LogP contribution in [0.5, 0.6) is 0 Å². The summed E-state index contributed by atoms with van der Waals surface area (Å²) in [4.78, 5) is 36.8. The molecule has 140 valence electrons. The van der Waals surface area contributed by atoms with Crippen molar-refractivity contribution < 1.29 is 23.9 Å². The summed E-state index contributed by atoms with van der Waals surface area (Å²) in [5.41, 5.74) is -0.522. The lowest BCUT2D eigenvalue weighted by atomic mass is 10.1. The van der Waals surface area contributed by atoms with Gasteiger partial charge in [-0.1, -0.05) is 18.2 Å². The summed E-state index contributed by atoms with van der Waals surface area (Å²) >= 11 is 0. The highest BCUT2D eigenvalue weighted by atomic mass is 16.6. The highest BCUT2D eigenvalue weighted by Crippen LogP contribution is 2.27. The van der Waals surface area contributed by atoms with E-state index >= 15 is 0 Å². The lowest BCUT2D eigenvalue weighted by Crippen LogP contribution is -2.29. The van der Waals surface area contributed by atoms with Crippen molar-refractivity contribution in [1.29, 1.82) is 0 Å². The average Bonchev–Trinajstić information content (AvgIpc) is 2.77. The van der Waals surface area contributed by atoms with Crippen molar-refractivity contribution in [3.63, 3.8) is 0 Å². The number of aldehydes is 1. The molecular formula is C20H25NO5. The first-order valence-electron chi connectivity index (χ1n) is 8.44. The van der Waals surface area contributed by atoms with Gasteiger partial charge in [-0.3, -0.25) is 9.59 Å². The van der Waals surface area contributed by atoms with Crippen LogP contribution in [0.25, 0.3) is 10.9 Å². The number of carbonyl (C=O) groups excluding carboxylic acids is 3. The van der Waals surface area contributed by atoms with Crippen LogP contribution in [0.1, 0.15) is 62.4 Å². The molecule has 0 bridgehead atoms. The van der Waals surface area contributed by atoms with E-state index in [0.29, 0.717) is 17.2 Å². The number of hydrogen-bond donors (Lipinski definition) is 0. The number of rotatable bonds is 4. The minimum absolute atomic E-state index is 0.0574. The predicted octanol–water partition coefficient (Wildman–Crippen LogP) is 3.75. The molecular weight excluding hydrogens is 334 g/mol. The van der Waals surface area contributed by atoms with E-state index in [-0.39, 0.29) is 17.8 Å². The fourth-order valence-electron chi connectivity index (χ4n) is 2.66. The van der Waals surface area contributed by atoms with Gasteiger partial charge >= 0.3 is 11.9 Å². The summed E-state index contributed by atoms with van der Waals surface area (Å²) in [6.07, 6.45) is 0.618. The lowest BCUT2D eigenvalue weighted by molar-refractivity contribution is -0.155. The first-order chi connectivity index (χ1) is 11.9. The largest absolute Gasteiger partial charge is 0.459 e. The maximum Gasteiger partial charge on any atom is 0.356 e. The summed E-state index contributed by atoms with van der Waals surface area (Å²) in [6, 6.07) is 7.03. The van der Waals surface area contributed by atoms with Gasteiger partial charge in [0.1, 0.15) is 23.4 Å². The predicted molar refractivity (Wildman–Crippen MR) is 98.3 cm³/mol. The Morgan fingerprint density at radius 2 is 1.58 bits per heavy atom. The van der Waals surface area contributed by atoms with Crippen LogP contribution >= 0.6 is 0 Å². The molecule has 0 saturated carbocycles. The standard InChI is InChI=1S/C20H25NO5/c1-19(2,3)25-16(23)11-21-15-10-8-7-9-13(15)14(12-22)17(21)18(24)26-20(4,5)6/h7-10,12H,11H2,1-6H3. The molecule has 2 rings (SSSR count). The van der Waals surface area contributed by atoms with Crippen molar-refractivity contribution in [2.45, 2.75) is 59.3 Å². The van der Waals surface area contributed by atoms with Crippen LogP contribution in [0.4, 0.5) is 0 Å². The minimum Gasteiger partial charge on any atom is -0.459 e. The molecule has 0 saturated heterocycles. The van der Waals surface area contributed by atoms with Gasteiger partial charge < -0.3 is 14.0 Å². The fourth-order valence-corrected chi connectivity index (χ4v) is 2.66. The number of esters is 2. The van der Waals surface area contributed by atoms with E-state index in [2.05, 4.69) is 0 Å². The van der Waals surface area contributed by atoms with Crippen molar-refractivity contribution in [2.75, 3.05) is 0 Å². The van der Waals surface area contributed by atoms with E-state index in [9.17, 15) is 14.4 Å². The summed E-state index contributed by atoms with van der Waals surface area (Å²) in [5.74, 6) is -1.15. The Balaban J connectivity index is 2.59. The number of fused-ring (bicyclic) bond motifs is 1. The maximum absolute atomic E-state index is 12.7. The summed E-state index contributed by atoms with van der Waals surface area (Å²) in [5, 5.41) is 0.590. The van der Waals surface area contributed by atoms with Gasteiger partial charge in [-0.2, -0.15) is 0 Å². The average molecular weight is 359 g/mol. The zero-order chi connectivity index (χ0) is 19.7. The Morgan fingerprint density at radius 1 is 1.00 bits per heavy atom. The van der Waals surface area contributed by atoms with Gasteiger partial charge in [0.25, 0.3) is 0 Å². The molecule has 0 radical (unpaired) electrons. The van der Waals surface area contributed by atoms with Crippen LogP contribution < -0.4 is 0 Å². The van der Waals surface area contributed by atoms with Crippen molar-refractivity contribution >= 4 is 29.1 Å². The van der Waals surface area contributed by atoms with E-state index < -0.39 is 23.1 Å². The SMILES string of the molecule is CC(C)(C)OC(=O)Cn1c(C(=O)OC(C)(C)C)c(C=O)c2ccccc21. The molecule has 26 heavy (non-hydrogen) atoms. The topological polar surface area (TPSA) is 74.6 Å². The molecule has 0 amide bonds. The third kappa shape index (κ3) is 4.50. The highest BCUT2D eigenvalue weighted by molar-refractivity contribution is 6.09. The van der Waals surface area contributed by atoms with Gasteiger partial charge in [-0.25, -0.2) is 4.79 Å². The van der Waals surface area contributed by atoms with Gasteiger partial charge in [0.05, 0.1) is 5.56 Å². The van der Waals surface area contributed by atoms with Crippen LogP contribution in [0.3, 0.4) is 0 Å². The quantitative estimate of drug-likeness (QED) is 0.614. The van der Waals surface area contributed by atoms with E-state index in [1.807, 2.05) is 0 Å². The van der Waals surface area contributed by atoms with E-state index in [0.717, 1.165) is 0 Å². The second-order valence-corrected chi connectivity index (χ2v) is 8.07. The highest BCUT2D eigenvalue weighted by Gasteiger charge is 2.28. The van der Waals surface area contributed by atoms with Gasteiger partial charge in [0.2, 0.25) is 0 Å². The second kappa shape index (κ2) is 6.94. The first-order valence-corrected chi connectivity index (χ1v) is 8.44. The number of benzene rings is 1. The molecule has 0 fully saturated rings. The molecule has 1 aromatic carbocycles. The molecule has 6 heteroatoms. The fraction of sp³-hybridized carbons (Fsp3) is 0.450. The zero-order valence-electron chi connectivity index (χ0n) is 16.1. The number of nitrogens with zero attached hydrogens (tertiary/aromatic N) is 1. The van der Waals surface area contributed by atoms with Crippen LogP contribution in [0.2, 0.25) is 0 Å². The van der Waals surface area contributed by atoms with Gasteiger partial charge in [-0.15, -0.1) is 0 Å². The first kappa shape index (κ1) is 19.7. The van der Waals surface area contributed by atoms with Crippen LogP contribution in [0, 0.1) is 0 Å². The van der Waals surface area contributed by atoms with Crippen LogP contribution in [0.15, 0.2) is 24.3 Å². The van der Waals surface area contributed by atoms with Crippen molar-refractivity contribution in [2.24, 2.45) is 0 Å². The molecule has 0 unspecified atom stereocenters. The Bertz CT molecular complexity index is 849. The number of para-hydroxylation sites is 1. The van der Waals surface area contributed by atoms with Crippen molar-refractivity contribution in [3.8, 4) is 0 Å². The van der Waals surface area contributed by atoms with Gasteiger partial charge in [0.15, 0.2) is 6.29 Å². The maximum atomic E-state index is 12.7. The Labute approximate surface area is 153 Å². The van der Waals surface area contributed by atoms with Gasteiger partial charge in [0, 0.05) is 10.9 Å². The molecule has 0 aliphatic rings. The van der Waals surface area contributed by atoms with Crippen molar-refractivity contribution in [3.05, 3.63) is 35.5 Å². The minimum atomic E-state index is -0.732. The molecule has 1 heterocycles. The molecule has 0 atom stereocenters. The third-order valence-corrected chi connectivity index (χ3v) is 3.43. The summed E-state index contributed by atoms with van der Waals surface area (Å²) < 4.78 is 12.3. The van der Waals surface area contributed by atoms with E-state index in [1.54, 1.807) is 65.8 Å². The van der Waals surface area contributed by atoms with Crippen LogP contribution in [-0.2, 0) is 20.8 Å². The van der Waals surface area contributed by atoms with E-state index in [4.69, 9.17) is 9.47 Å². The molecule has 2 aromatic rings. The smallest absolute Gasteiger partial charge is 0.356 e. The molecule has 0 aliphatic carbocycles.